The third kappa shape index (κ3) is 2.94. The number of rotatable bonds is 5. The molecule has 0 amide bonds. The summed E-state index contributed by atoms with van der Waals surface area (Å²) in [4.78, 5) is 2.32. The van der Waals surface area contributed by atoms with E-state index in [4.69, 9.17) is 4.74 Å². The summed E-state index contributed by atoms with van der Waals surface area (Å²) in [5.74, 6) is 0.920. The number of hydrogen-bond acceptors (Lipinski definition) is 3. The molecule has 3 heteroatoms. The number of aliphatic hydroxyl groups is 1. The van der Waals surface area contributed by atoms with Crippen molar-refractivity contribution in [2.24, 2.45) is 0 Å². The second-order valence-electron chi connectivity index (χ2n) is 5.37. The summed E-state index contributed by atoms with van der Waals surface area (Å²) in [6.07, 6.45) is 2.29. The fourth-order valence-corrected chi connectivity index (χ4v) is 2.93. The molecule has 20 heavy (non-hydrogen) atoms. The van der Waals surface area contributed by atoms with Crippen molar-refractivity contribution < 1.29 is 9.84 Å². The fourth-order valence-electron chi connectivity index (χ4n) is 2.93. The molecule has 2 aromatic carbocycles. The summed E-state index contributed by atoms with van der Waals surface area (Å²) in [6.45, 7) is 2.90. The number of benzene rings is 2. The SMILES string of the molecule is OCC1CCCN1CCOc1ccc2ccccc2c1. The van der Waals surface area contributed by atoms with Crippen LogP contribution in [0.2, 0.25) is 0 Å². The van der Waals surface area contributed by atoms with E-state index in [1.807, 2.05) is 18.2 Å². The summed E-state index contributed by atoms with van der Waals surface area (Å²) < 4.78 is 5.85. The number of fused-ring (bicyclic) bond motifs is 1. The van der Waals surface area contributed by atoms with Gasteiger partial charge in [0, 0.05) is 12.6 Å². The molecular weight excluding hydrogens is 250 g/mol. The molecule has 3 nitrogen and oxygen atoms in total. The van der Waals surface area contributed by atoms with E-state index in [1.54, 1.807) is 0 Å². The van der Waals surface area contributed by atoms with Crippen LogP contribution in [0, 0.1) is 0 Å². The van der Waals surface area contributed by atoms with Gasteiger partial charge in [0.15, 0.2) is 0 Å². The molecular formula is C17H21NO2. The van der Waals surface area contributed by atoms with E-state index < -0.39 is 0 Å². The lowest BCUT2D eigenvalue weighted by Gasteiger charge is -2.22. The molecule has 1 aliphatic rings. The summed E-state index contributed by atoms with van der Waals surface area (Å²) in [5, 5.41) is 11.7. The van der Waals surface area contributed by atoms with Crippen LogP contribution in [0.5, 0.6) is 5.75 Å². The van der Waals surface area contributed by atoms with Gasteiger partial charge in [-0.3, -0.25) is 4.90 Å². The minimum Gasteiger partial charge on any atom is -0.492 e. The summed E-state index contributed by atoms with van der Waals surface area (Å²) >= 11 is 0. The highest BCUT2D eigenvalue weighted by molar-refractivity contribution is 5.83. The second kappa shape index (κ2) is 6.25. The molecule has 106 valence electrons. The molecule has 1 unspecified atom stereocenters. The molecule has 0 saturated carbocycles. The maximum Gasteiger partial charge on any atom is 0.120 e. The van der Waals surface area contributed by atoms with Gasteiger partial charge in [-0.25, -0.2) is 0 Å². The van der Waals surface area contributed by atoms with Gasteiger partial charge < -0.3 is 9.84 Å². The first kappa shape index (κ1) is 13.4. The fraction of sp³-hybridized carbons (Fsp3) is 0.412. The van der Waals surface area contributed by atoms with E-state index in [-0.39, 0.29) is 6.61 Å². The molecule has 1 heterocycles. The Kier molecular flexibility index (Phi) is 4.19. The van der Waals surface area contributed by atoms with E-state index >= 15 is 0 Å². The molecule has 0 spiro atoms. The van der Waals surface area contributed by atoms with Gasteiger partial charge in [-0.15, -0.1) is 0 Å². The summed E-state index contributed by atoms with van der Waals surface area (Å²) in [6, 6.07) is 14.8. The van der Waals surface area contributed by atoms with Gasteiger partial charge in [0.1, 0.15) is 12.4 Å². The molecule has 1 aliphatic heterocycles. The molecule has 3 rings (SSSR count). The number of ether oxygens (including phenoxy) is 1. The number of nitrogens with zero attached hydrogens (tertiary/aromatic N) is 1. The summed E-state index contributed by atoms with van der Waals surface area (Å²) in [5.41, 5.74) is 0. The zero-order valence-corrected chi connectivity index (χ0v) is 11.7. The Bertz CT molecular complexity index is 570. The van der Waals surface area contributed by atoms with Gasteiger partial charge in [-0.2, -0.15) is 0 Å². The Morgan fingerprint density at radius 2 is 2.00 bits per heavy atom. The smallest absolute Gasteiger partial charge is 0.120 e. The standard InChI is InChI=1S/C17H21NO2/c19-13-16-6-3-9-18(16)10-11-20-17-8-7-14-4-1-2-5-15(14)12-17/h1-2,4-5,7-8,12,16,19H,3,6,9-11,13H2. The lowest BCUT2D eigenvalue weighted by molar-refractivity contribution is 0.139. The van der Waals surface area contributed by atoms with Crippen molar-refractivity contribution in [2.75, 3.05) is 26.3 Å². The normalized spacial score (nSPS) is 19.6. The van der Waals surface area contributed by atoms with Crippen molar-refractivity contribution in [3.8, 4) is 5.75 Å². The van der Waals surface area contributed by atoms with Crippen LogP contribution in [-0.2, 0) is 0 Å². The van der Waals surface area contributed by atoms with Crippen LogP contribution in [0.1, 0.15) is 12.8 Å². The Morgan fingerprint density at radius 3 is 2.85 bits per heavy atom. The topological polar surface area (TPSA) is 32.7 Å². The largest absolute Gasteiger partial charge is 0.492 e. The Morgan fingerprint density at radius 1 is 1.15 bits per heavy atom. The van der Waals surface area contributed by atoms with Crippen LogP contribution in [0.4, 0.5) is 0 Å². The predicted molar refractivity (Wildman–Crippen MR) is 81.1 cm³/mol. The Hall–Kier alpha value is -1.58. The van der Waals surface area contributed by atoms with E-state index in [0.717, 1.165) is 25.3 Å². The first-order valence-electron chi connectivity index (χ1n) is 7.33. The summed E-state index contributed by atoms with van der Waals surface area (Å²) in [7, 11) is 0. The molecule has 1 N–H and O–H groups in total. The molecule has 2 aromatic rings. The first-order valence-corrected chi connectivity index (χ1v) is 7.33. The van der Waals surface area contributed by atoms with Crippen LogP contribution in [0.3, 0.4) is 0 Å². The maximum atomic E-state index is 9.29. The molecule has 1 fully saturated rings. The average Bonchev–Trinajstić information content (AvgIpc) is 2.95. The third-order valence-corrected chi connectivity index (χ3v) is 4.08. The number of hydrogen-bond donors (Lipinski definition) is 1. The van der Waals surface area contributed by atoms with Crippen molar-refractivity contribution in [3.05, 3.63) is 42.5 Å². The zero-order chi connectivity index (χ0) is 13.8. The zero-order valence-electron chi connectivity index (χ0n) is 11.7. The van der Waals surface area contributed by atoms with E-state index in [0.29, 0.717) is 12.6 Å². The van der Waals surface area contributed by atoms with Gasteiger partial charge in [0.25, 0.3) is 0 Å². The third-order valence-electron chi connectivity index (χ3n) is 4.08. The minimum absolute atomic E-state index is 0.260. The highest BCUT2D eigenvalue weighted by atomic mass is 16.5. The van der Waals surface area contributed by atoms with Crippen LogP contribution in [0.15, 0.2) is 42.5 Å². The predicted octanol–water partition coefficient (Wildman–Crippen LogP) is 2.68. The lowest BCUT2D eigenvalue weighted by atomic mass is 10.1. The van der Waals surface area contributed by atoms with Crippen LogP contribution >= 0.6 is 0 Å². The highest BCUT2D eigenvalue weighted by Crippen LogP contribution is 2.21. The first-order chi connectivity index (χ1) is 9.86. The van der Waals surface area contributed by atoms with Crippen LogP contribution in [0.25, 0.3) is 10.8 Å². The van der Waals surface area contributed by atoms with Crippen LogP contribution in [-0.4, -0.2) is 42.4 Å². The molecule has 1 saturated heterocycles. The van der Waals surface area contributed by atoms with Crippen molar-refractivity contribution in [1.29, 1.82) is 0 Å². The van der Waals surface area contributed by atoms with Crippen molar-refractivity contribution in [2.45, 2.75) is 18.9 Å². The van der Waals surface area contributed by atoms with E-state index in [2.05, 4.69) is 29.2 Å². The maximum absolute atomic E-state index is 9.29. The van der Waals surface area contributed by atoms with Crippen molar-refractivity contribution >= 4 is 10.8 Å². The lowest BCUT2D eigenvalue weighted by Crippen LogP contribution is -2.35. The van der Waals surface area contributed by atoms with Gasteiger partial charge in [-0.1, -0.05) is 30.3 Å². The molecule has 0 aromatic heterocycles. The van der Waals surface area contributed by atoms with Gasteiger partial charge in [0.05, 0.1) is 6.61 Å². The Labute approximate surface area is 119 Å². The highest BCUT2D eigenvalue weighted by Gasteiger charge is 2.22. The minimum atomic E-state index is 0.260. The van der Waals surface area contributed by atoms with E-state index in [9.17, 15) is 5.11 Å². The van der Waals surface area contributed by atoms with Crippen molar-refractivity contribution in [1.82, 2.24) is 4.90 Å². The van der Waals surface area contributed by atoms with Gasteiger partial charge in [-0.05, 0) is 42.3 Å². The molecule has 1 atom stereocenters. The van der Waals surface area contributed by atoms with Gasteiger partial charge in [0.2, 0.25) is 0 Å². The second-order valence-corrected chi connectivity index (χ2v) is 5.37. The van der Waals surface area contributed by atoms with Crippen LogP contribution < -0.4 is 4.74 Å². The quantitative estimate of drug-likeness (QED) is 0.907. The monoisotopic (exact) mass is 271 g/mol. The van der Waals surface area contributed by atoms with E-state index in [1.165, 1.54) is 17.2 Å². The average molecular weight is 271 g/mol. The molecule has 0 bridgehead atoms. The van der Waals surface area contributed by atoms with Crippen molar-refractivity contribution in [3.63, 3.8) is 0 Å². The van der Waals surface area contributed by atoms with Gasteiger partial charge >= 0.3 is 0 Å². The Balaban J connectivity index is 1.57. The number of aliphatic hydroxyl groups excluding tert-OH is 1. The molecule has 0 aliphatic carbocycles. The molecule has 0 radical (unpaired) electrons. The number of likely N-dealkylation sites (tertiary alicyclic amines) is 1.